The van der Waals surface area contributed by atoms with Crippen molar-refractivity contribution in [3.05, 3.63) is 34.9 Å². The lowest BCUT2D eigenvalue weighted by Gasteiger charge is -2.33. The molecule has 0 aliphatic carbocycles. The van der Waals surface area contributed by atoms with Crippen LogP contribution in [-0.2, 0) is 0 Å². The van der Waals surface area contributed by atoms with Crippen LogP contribution < -0.4 is 5.73 Å². The van der Waals surface area contributed by atoms with Crippen LogP contribution in [0.2, 0.25) is 0 Å². The second-order valence-electron chi connectivity index (χ2n) is 5.48. The Morgan fingerprint density at radius 2 is 2.17 bits per heavy atom. The molecule has 0 saturated carbocycles. The Balaban J connectivity index is 2.30. The van der Waals surface area contributed by atoms with Crippen LogP contribution in [0.3, 0.4) is 0 Å². The largest absolute Gasteiger partial charge is 0.329 e. The lowest BCUT2D eigenvalue weighted by molar-refractivity contribution is 0.180. The van der Waals surface area contributed by atoms with E-state index in [0.717, 1.165) is 12.6 Å². The van der Waals surface area contributed by atoms with Crippen LogP contribution in [-0.4, -0.2) is 24.0 Å². The van der Waals surface area contributed by atoms with Gasteiger partial charge in [0.2, 0.25) is 0 Å². The van der Waals surface area contributed by atoms with Gasteiger partial charge in [0.25, 0.3) is 0 Å². The van der Waals surface area contributed by atoms with Crippen LogP contribution in [0, 0.1) is 13.8 Å². The Labute approximate surface area is 111 Å². The number of rotatable bonds is 4. The molecule has 0 aromatic heterocycles. The summed E-state index contributed by atoms with van der Waals surface area (Å²) in [4.78, 5) is 2.63. The molecule has 1 saturated heterocycles. The SMILES string of the molecule is CCC1CCCN1C(CN)c1cccc(C)c1C. The Hall–Kier alpha value is -0.860. The molecule has 0 spiro atoms. The van der Waals surface area contributed by atoms with Crippen molar-refractivity contribution in [1.82, 2.24) is 4.90 Å². The molecule has 1 aromatic carbocycles. The predicted octanol–water partition coefficient (Wildman–Crippen LogP) is 3.18. The van der Waals surface area contributed by atoms with E-state index >= 15 is 0 Å². The molecule has 2 heteroatoms. The molecule has 1 aromatic rings. The first kappa shape index (κ1) is 13.6. The van der Waals surface area contributed by atoms with Crippen molar-refractivity contribution in [2.45, 2.75) is 52.1 Å². The van der Waals surface area contributed by atoms with Gasteiger partial charge in [-0.15, -0.1) is 0 Å². The van der Waals surface area contributed by atoms with Gasteiger partial charge in [-0.25, -0.2) is 0 Å². The smallest absolute Gasteiger partial charge is 0.0476 e. The Kier molecular flexibility index (Phi) is 4.41. The lowest BCUT2D eigenvalue weighted by atomic mass is 9.95. The number of nitrogens with zero attached hydrogens (tertiary/aromatic N) is 1. The van der Waals surface area contributed by atoms with E-state index in [1.165, 1.54) is 42.5 Å². The molecule has 100 valence electrons. The van der Waals surface area contributed by atoms with Gasteiger partial charge < -0.3 is 5.73 Å². The van der Waals surface area contributed by atoms with E-state index in [1.807, 2.05) is 0 Å². The maximum absolute atomic E-state index is 6.08. The first-order chi connectivity index (χ1) is 8.69. The molecule has 0 radical (unpaired) electrons. The average Bonchev–Trinajstić information content (AvgIpc) is 2.83. The molecule has 0 amide bonds. The molecule has 1 aliphatic rings. The minimum atomic E-state index is 0.400. The number of hydrogen-bond acceptors (Lipinski definition) is 2. The van der Waals surface area contributed by atoms with Gasteiger partial charge in [0, 0.05) is 18.6 Å². The fourth-order valence-electron chi connectivity index (χ4n) is 3.28. The topological polar surface area (TPSA) is 29.3 Å². The van der Waals surface area contributed by atoms with E-state index < -0.39 is 0 Å². The van der Waals surface area contributed by atoms with E-state index in [9.17, 15) is 0 Å². The first-order valence-electron chi connectivity index (χ1n) is 7.21. The summed E-state index contributed by atoms with van der Waals surface area (Å²) in [5.74, 6) is 0. The summed E-state index contributed by atoms with van der Waals surface area (Å²) >= 11 is 0. The zero-order valence-electron chi connectivity index (χ0n) is 11.9. The third-order valence-electron chi connectivity index (χ3n) is 4.52. The lowest BCUT2D eigenvalue weighted by Crippen LogP contribution is -2.37. The molecule has 1 aliphatic heterocycles. The zero-order valence-corrected chi connectivity index (χ0v) is 11.9. The minimum Gasteiger partial charge on any atom is -0.329 e. The molecule has 2 rings (SSSR count). The third-order valence-corrected chi connectivity index (χ3v) is 4.52. The van der Waals surface area contributed by atoms with Crippen molar-refractivity contribution in [2.24, 2.45) is 5.73 Å². The number of benzene rings is 1. The molecule has 1 heterocycles. The monoisotopic (exact) mass is 246 g/mol. The van der Waals surface area contributed by atoms with Gasteiger partial charge in [-0.3, -0.25) is 4.90 Å². The van der Waals surface area contributed by atoms with Crippen LogP contribution in [0.25, 0.3) is 0 Å². The molecule has 18 heavy (non-hydrogen) atoms. The highest BCUT2D eigenvalue weighted by Crippen LogP contribution is 2.32. The molecule has 2 N–H and O–H groups in total. The summed E-state index contributed by atoms with van der Waals surface area (Å²) in [6, 6.07) is 7.73. The zero-order chi connectivity index (χ0) is 13.1. The maximum atomic E-state index is 6.08. The molecule has 1 fully saturated rings. The van der Waals surface area contributed by atoms with Crippen LogP contribution in [0.1, 0.15) is 48.9 Å². The Bertz CT molecular complexity index is 400. The summed E-state index contributed by atoms with van der Waals surface area (Å²) < 4.78 is 0. The number of hydrogen-bond donors (Lipinski definition) is 1. The van der Waals surface area contributed by atoms with Crippen LogP contribution in [0.5, 0.6) is 0 Å². The minimum absolute atomic E-state index is 0.400. The average molecular weight is 246 g/mol. The summed E-state index contributed by atoms with van der Waals surface area (Å²) in [5.41, 5.74) is 10.3. The highest BCUT2D eigenvalue weighted by molar-refractivity contribution is 5.35. The van der Waals surface area contributed by atoms with E-state index in [4.69, 9.17) is 5.73 Å². The van der Waals surface area contributed by atoms with Crippen LogP contribution >= 0.6 is 0 Å². The van der Waals surface area contributed by atoms with Crippen molar-refractivity contribution >= 4 is 0 Å². The predicted molar refractivity (Wildman–Crippen MR) is 77.7 cm³/mol. The molecule has 0 bridgehead atoms. The number of nitrogens with two attached hydrogens (primary N) is 1. The van der Waals surface area contributed by atoms with Crippen LogP contribution in [0.15, 0.2) is 18.2 Å². The van der Waals surface area contributed by atoms with Gasteiger partial charge in [0.1, 0.15) is 0 Å². The van der Waals surface area contributed by atoms with Crippen molar-refractivity contribution in [1.29, 1.82) is 0 Å². The second kappa shape index (κ2) is 5.85. The normalized spacial score (nSPS) is 22.3. The second-order valence-corrected chi connectivity index (χ2v) is 5.48. The fourth-order valence-corrected chi connectivity index (χ4v) is 3.28. The quantitative estimate of drug-likeness (QED) is 0.884. The summed E-state index contributed by atoms with van der Waals surface area (Å²) in [5, 5.41) is 0. The van der Waals surface area contributed by atoms with Gasteiger partial charge in [0.15, 0.2) is 0 Å². The standard InChI is InChI=1S/C16H26N2/c1-4-14-8-6-10-18(14)16(11-17)15-9-5-7-12(2)13(15)3/h5,7,9,14,16H,4,6,8,10-11,17H2,1-3H3. The highest BCUT2D eigenvalue weighted by Gasteiger charge is 2.30. The molecular formula is C16H26N2. The van der Waals surface area contributed by atoms with E-state index in [-0.39, 0.29) is 0 Å². The third kappa shape index (κ3) is 2.45. The van der Waals surface area contributed by atoms with Crippen molar-refractivity contribution in [3.63, 3.8) is 0 Å². The van der Waals surface area contributed by atoms with E-state index in [0.29, 0.717) is 6.04 Å². The van der Waals surface area contributed by atoms with Crippen LogP contribution in [0.4, 0.5) is 0 Å². The van der Waals surface area contributed by atoms with Crippen molar-refractivity contribution in [3.8, 4) is 0 Å². The van der Waals surface area contributed by atoms with Gasteiger partial charge in [0.05, 0.1) is 0 Å². The molecular weight excluding hydrogens is 220 g/mol. The molecule has 2 unspecified atom stereocenters. The summed E-state index contributed by atoms with van der Waals surface area (Å²) in [6.45, 7) is 8.63. The first-order valence-corrected chi connectivity index (χ1v) is 7.21. The molecule has 2 nitrogen and oxygen atoms in total. The van der Waals surface area contributed by atoms with Gasteiger partial charge in [-0.05, 0) is 56.3 Å². The Morgan fingerprint density at radius 1 is 1.39 bits per heavy atom. The number of aryl methyl sites for hydroxylation is 1. The molecule has 2 atom stereocenters. The van der Waals surface area contributed by atoms with Crippen molar-refractivity contribution < 1.29 is 0 Å². The van der Waals surface area contributed by atoms with E-state index in [2.05, 4.69) is 43.9 Å². The van der Waals surface area contributed by atoms with Crippen molar-refractivity contribution in [2.75, 3.05) is 13.1 Å². The highest BCUT2D eigenvalue weighted by atomic mass is 15.2. The Morgan fingerprint density at radius 3 is 2.83 bits per heavy atom. The number of likely N-dealkylation sites (tertiary alicyclic amines) is 1. The van der Waals surface area contributed by atoms with Gasteiger partial charge in [-0.2, -0.15) is 0 Å². The summed E-state index contributed by atoms with van der Waals surface area (Å²) in [7, 11) is 0. The van der Waals surface area contributed by atoms with Gasteiger partial charge >= 0.3 is 0 Å². The summed E-state index contributed by atoms with van der Waals surface area (Å²) in [6.07, 6.45) is 3.89. The van der Waals surface area contributed by atoms with E-state index in [1.54, 1.807) is 0 Å². The maximum Gasteiger partial charge on any atom is 0.0476 e. The fraction of sp³-hybridized carbons (Fsp3) is 0.625. The van der Waals surface area contributed by atoms with Gasteiger partial charge in [-0.1, -0.05) is 25.1 Å².